The van der Waals surface area contributed by atoms with Gasteiger partial charge >= 0.3 is 18.0 Å². The highest BCUT2D eigenvalue weighted by atomic mass is 16.6. The maximum atomic E-state index is 12.9. The zero-order valence-corrected chi connectivity index (χ0v) is 18.3. The minimum absolute atomic E-state index is 0.0522. The van der Waals surface area contributed by atoms with Gasteiger partial charge in [-0.1, -0.05) is 60.7 Å². The van der Waals surface area contributed by atoms with E-state index in [9.17, 15) is 19.5 Å². The Bertz CT molecular complexity index is 984. The molecule has 1 amide bonds. The maximum absolute atomic E-state index is 12.9. The van der Waals surface area contributed by atoms with Crippen LogP contribution in [0.25, 0.3) is 0 Å². The summed E-state index contributed by atoms with van der Waals surface area (Å²) >= 11 is 0. The van der Waals surface area contributed by atoms with E-state index in [4.69, 9.17) is 15.2 Å². The minimum Gasteiger partial charge on any atom is -0.479 e. The molecule has 4 rings (SSSR count). The molecule has 0 aromatic heterocycles. The molecule has 8 nitrogen and oxygen atoms in total. The minimum atomic E-state index is -2.17. The van der Waals surface area contributed by atoms with Gasteiger partial charge in [0.15, 0.2) is 0 Å². The van der Waals surface area contributed by atoms with Crippen molar-refractivity contribution >= 4 is 18.0 Å². The number of carbonyl (C=O) groups is 3. The fraction of sp³-hybridized carbons (Fsp3) is 0.400. The standard InChI is InChI=1S/C25H28N2O6/c26-25(22(28)29,23(30)32-15-17-7-3-1-4-8-17)19-13-20-11-12-21(14-19)27(20)24(31)33-16-18-9-5-2-6-10-18/h1-10,19-21H,11-16,26H2,(H,28,29)/t19?,20?,21?,25-/m0/s1. The summed E-state index contributed by atoms with van der Waals surface area (Å²) < 4.78 is 10.8. The summed E-state index contributed by atoms with van der Waals surface area (Å²) in [6.07, 6.45) is 1.63. The van der Waals surface area contributed by atoms with E-state index in [0.29, 0.717) is 12.8 Å². The van der Waals surface area contributed by atoms with Gasteiger partial charge in [-0.15, -0.1) is 0 Å². The van der Waals surface area contributed by atoms with Crippen molar-refractivity contribution in [2.24, 2.45) is 11.7 Å². The van der Waals surface area contributed by atoms with Gasteiger partial charge in [-0.25, -0.2) is 14.4 Å². The molecular formula is C25H28N2O6. The Hall–Kier alpha value is -3.39. The van der Waals surface area contributed by atoms with Crippen molar-refractivity contribution in [1.82, 2.24) is 4.90 Å². The number of benzene rings is 2. The van der Waals surface area contributed by atoms with Crippen LogP contribution in [-0.4, -0.2) is 45.7 Å². The number of hydrogen-bond donors (Lipinski definition) is 2. The van der Waals surface area contributed by atoms with Gasteiger partial charge in [0.1, 0.15) is 13.2 Å². The molecule has 2 saturated heterocycles. The molecule has 0 spiro atoms. The second-order valence-corrected chi connectivity index (χ2v) is 8.74. The second kappa shape index (κ2) is 9.62. The first-order valence-electron chi connectivity index (χ1n) is 11.1. The van der Waals surface area contributed by atoms with Crippen LogP contribution in [0.5, 0.6) is 0 Å². The summed E-state index contributed by atoms with van der Waals surface area (Å²) in [6.45, 7) is 0.115. The van der Waals surface area contributed by atoms with E-state index in [-0.39, 0.29) is 25.3 Å². The fourth-order valence-electron chi connectivity index (χ4n) is 4.91. The number of rotatable bonds is 7. The Morgan fingerprint density at radius 3 is 1.85 bits per heavy atom. The van der Waals surface area contributed by atoms with Crippen molar-refractivity contribution < 1.29 is 29.0 Å². The van der Waals surface area contributed by atoms with Crippen molar-refractivity contribution in [3.63, 3.8) is 0 Å². The molecule has 2 unspecified atom stereocenters. The molecule has 33 heavy (non-hydrogen) atoms. The van der Waals surface area contributed by atoms with Crippen LogP contribution < -0.4 is 5.73 Å². The van der Waals surface area contributed by atoms with Gasteiger partial charge in [0.05, 0.1) is 0 Å². The van der Waals surface area contributed by atoms with E-state index < -0.39 is 29.5 Å². The van der Waals surface area contributed by atoms with E-state index in [1.54, 1.807) is 29.2 Å². The maximum Gasteiger partial charge on any atom is 0.410 e. The third-order valence-corrected chi connectivity index (χ3v) is 6.70. The molecule has 2 aliphatic rings. The number of piperidine rings is 1. The van der Waals surface area contributed by atoms with Crippen LogP contribution in [0.4, 0.5) is 4.79 Å². The zero-order chi connectivity index (χ0) is 23.4. The predicted octanol–water partition coefficient (Wildman–Crippen LogP) is 3.09. The van der Waals surface area contributed by atoms with Crippen molar-refractivity contribution in [2.45, 2.75) is 56.5 Å². The number of ether oxygens (including phenoxy) is 2. The Balaban J connectivity index is 1.41. The Morgan fingerprint density at radius 2 is 1.36 bits per heavy atom. The SMILES string of the molecule is N[C@@](C(=O)O)(C(=O)OCc1ccccc1)C1CC2CCC(C1)N2C(=O)OCc1ccccc1. The van der Waals surface area contributed by atoms with Gasteiger partial charge in [0.25, 0.3) is 0 Å². The number of carbonyl (C=O) groups excluding carboxylic acids is 2. The summed E-state index contributed by atoms with van der Waals surface area (Å²) in [5.74, 6) is -3.01. The molecule has 0 saturated carbocycles. The first-order chi connectivity index (χ1) is 15.9. The van der Waals surface area contributed by atoms with Gasteiger partial charge in [0.2, 0.25) is 5.54 Å². The van der Waals surface area contributed by atoms with Crippen molar-refractivity contribution in [1.29, 1.82) is 0 Å². The number of carboxylic acid groups (broad SMARTS) is 1. The summed E-state index contributed by atoms with van der Waals surface area (Å²) in [4.78, 5) is 39.5. The van der Waals surface area contributed by atoms with Gasteiger partial charge in [-0.05, 0) is 36.8 Å². The number of fused-ring (bicyclic) bond motifs is 2. The zero-order valence-electron chi connectivity index (χ0n) is 18.3. The Labute approximate surface area is 192 Å². The van der Waals surface area contributed by atoms with Crippen LogP contribution in [0.3, 0.4) is 0 Å². The molecule has 2 aromatic rings. The number of nitrogens with zero attached hydrogens (tertiary/aromatic N) is 1. The number of carboxylic acids is 1. The molecular weight excluding hydrogens is 424 g/mol. The first-order valence-corrected chi connectivity index (χ1v) is 11.1. The quantitative estimate of drug-likeness (QED) is 0.489. The highest BCUT2D eigenvalue weighted by molar-refractivity contribution is 6.04. The Morgan fingerprint density at radius 1 is 0.879 bits per heavy atom. The van der Waals surface area contributed by atoms with E-state index in [1.165, 1.54) is 0 Å². The summed E-state index contributed by atoms with van der Waals surface area (Å²) in [5.41, 5.74) is 5.69. The van der Waals surface area contributed by atoms with Crippen LogP contribution in [0.2, 0.25) is 0 Å². The molecule has 174 valence electrons. The average Bonchev–Trinajstić information content (AvgIpc) is 3.10. The van der Waals surface area contributed by atoms with Gasteiger partial charge in [-0.2, -0.15) is 0 Å². The highest BCUT2D eigenvalue weighted by Gasteiger charge is 2.56. The first kappa shape index (κ1) is 22.8. The highest BCUT2D eigenvalue weighted by Crippen LogP contribution is 2.43. The third kappa shape index (κ3) is 4.71. The number of hydrogen-bond acceptors (Lipinski definition) is 6. The Kier molecular flexibility index (Phi) is 6.65. The molecule has 3 N–H and O–H groups in total. The molecule has 2 aromatic carbocycles. The number of esters is 1. The normalized spacial score (nSPS) is 23.4. The lowest BCUT2D eigenvalue weighted by Gasteiger charge is -2.42. The lowest BCUT2D eigenvalue weighted by molar-refractivity contribution is -0.166. The second-order valence-electron chi connectivity index (χ2n) is 8.74. The summed E-state index contributed by atoms with van der Waals surface area (Å²) in [6, 6.07) is 18.0. The molecule has 8 heteroatoms. The molecule has 2 heterocycles. The number of aliphatic carboxylic acids is 1. The van der Waals surface area contributed by atoms with Crippen molar-refractivity contribution in [2.75, 3.05) is 0 Å². The average molecular weight is 453 g/mol. The van der Waals surface area contributed by atoms with Crippen LogP contribution >= 0.6 is 0 Å². The van der Waals surface area contributed by atoms with Crippen LogP contribution in [0, 0.1) is 5.92 Å². The van der Waals surface area contributed by atoms with Gasteiger partial charge in [-0.3, -0.25) is 0 Å². The summed E-state index contributed by atoms with van der Waals surface area (Å²) in [7, 11) is 0. The van der Waals surface area contributed by atoms with Crippen LogP contribution in [0.1, 0.15) is 36.8 Å². The molecule has 0 radical (unpaired) electrons. The van der Waals surface area contributed by atoms with E-state index in [1.807, 2.05) is 36.4 Å². The van der Waals surface area contributed by atoms with E-state index in [0.717, 1.165) is 24.0 Å². The predicted molar refractivity (Wildman–Crippen MR) is 119 cm³/mol. The number of nitrogens with two attached hydrogens (primary N) is 1. The van der Waals surface area contributed by atoms with Crippen LogP contribution in [0.15, 0.2) is 60.7 Å². The molecule has 2 fully saturated rings. The van der Waals surface area contributed by atoms with Gasteiger partial charge in [0, 0.05) is 18.0 Å². The fourth-order valence-corrected chi connectivity index (χ4v) is 4.91. The van der Waals surface area contributed by atoms with Crippen molar-refractivity contribution in [3.05, 3.63) is 71.8 Å². The van der Waals surface area contributed by atoms with Gasteiger partial charge < -0.3 is 25.2 Å². The molecule has 2 aliphatic heterocycles. The van der Waals surface area contributed by atoms with E-state index in [2.05, 4.69) is 0 Å². The third-order valence-electron chi connectivity index (χ3n) is 6.70. The smallest absolute Gasteiger partial charge is 0.410 e. The van der Waals surface area contributed by atoms with E-state index >= 15 is 0 Å². The topological polar surface area (TPSA) is 119 Å². The lowest BCUT2D eigenvalue weighted by Crippen LogP contribution is -2.64. The van der Waals surface area contributed by atoms with Crippen LogP contribution in [-0.2, 0) is 32.3 Å². The number of amides is 1. The molecule has 0 aliphatic carbocycles. The molecule has 2 bridgehead atoms. The molecule has 3 atom stereocenters. The largest absolute Gasteiger partial charge is 0.479 e. The van der Waals surface area contributed by atoms with Crippen molar-refractivity contribution in [3.8, 4) is 0 Å². The monoisotopic (exact) mass is 452 g/mol. The lowest BCUT2D eigenvalue weighted by atomic mass is 9.75. The summed E-state index contributed by atoms with van der Waals surface area (Å²) in [5, 5.41) is 9.90.